The van der Waals surface area contributed by atoms with E-state index in [1.54, 1.807) is 6.08 Å². The molecule has 0 fully saturated rings. The van der Waals surface area contributed by atoms with Gasteiger partial charge >= 0.3 is 0 Å². The predicted molar refractivity (Wildman–Crippen MR) is 77.3 cm³/mol. The van der Waals surface area contributed by atoms with Crippen LogP contribution in [-0.2, 0) is 0 Å². The summed E-state index contributed by atoms with van der Waals surface area (Å²) < 4.78 is 22.8. The van der Waals surface area contributed by atoms with Crippen LogP contribution in [0, 0.1) is 0 Å². The van der Waals surface area contributed by atoms with Gasteiger partial charge in [-0.25, -0.2) is 0 Å². The lowest BCUT2D eigenvalue weighted by Gasteiger charge is -2.00. The van der Waals surface area contributed by atoms with Crippen molar-refractivity contribution in [1.82, 2.24) is 0 Å². The van der Waals surface area contributed by atoms with E-state index in [2.05, 4.69) is 6.92 Å². The van der Waals surface area contributed by atoms with Crippen LogP contribution in [-0.4, -0.2) is 11.7 Å². The van der Waals surface area contributed by atoms with E-state index < -0.39 is 13.0 Å². The van der Waals surface area contributed by atoms with Crippen LogP contribution in [0.25, 0.3) is 0 Å². The van der Waals surface area contributed by atoms with E-state index in [0.29, 0.717) is 12.8 Å². The zero-order chi connectivity index (χ0) is 15.3. The third-order valence-electron chi connectivity index (χ3n) is 2.86. The first-order chi connectivity index (χ1) is 9.48. The first-order valence-corrected chi connectivity index (χ1v) is 7.26. The van der Waals surface area contributed by atoms with E-state index in [1.165, 1.54) is 0 Å². The lowest BCUT2D eigenvalue weighted by Crippen LogP contribution is -1.84. The topological polar surface area (TPSA) is 20.2 Å². The standard InChI is InChI=1S/C16H32O/c1-2-3-4-5-6-7-8-9-10-11-12-13-14-15-16-17/h5-6,17H,2-4,7-16H2,1H3/b6-5+/i7D2,16D/t16-/m0/s1. The molecule has 0 bridgehead atoms. The molecule has 102 valence electrons. The van der Waals surface area contributed by atoms with E-state index in [4.69, 9.17) is 9.22 Å². The van der Waals surface area contributed by atoms with Crippen LogP contribution in [0.1, 0.15) is 88.0 Å². The van der Waals surface area contributed by atoms with Crippen molar-refractivity contribution in [3.05, 3.63) is 12.2 Å². The van der Waals surface area contributed by atoms with Gasteiger partial charge in [0.15, 0.2) is 0 Å². The second kappa shape index (κ2) is 15.7. The minimum atomic E-state index is -1.15. The molecule has 1 N–H and O–H groups in total. The van der Waals surface area contributed by atoms with Gasteiger partial charge in [-0.05, 0) is 25.6 Å². The summed E-state index contributed by atoms with van der Waals surface area (Å²) in [5.41, 5.74) is 0. The molecule has 0 amide bonds. The molecule has 0 aliphatic rings. The molecule has 17 heavy (non-hydrogen) atoms. The highest BCUT2D eigenvalue weighted by Gasteiger charge is 1.91. The van der Waals surface area contributed by atoms with Crippen molar-refractivity contribution in [2.45, 2.75) is 83.9 Å². The number of hydrogen-bond acceptors (Lipinski definition) is 1. The van der Waals surface area contributed by atoms with Gasteiger partial charge in [0.1, 0.15) is 0 Å². The molecular formula is C16H32O. The van der Waals surface area contributed by atoms with Crippen LogP contribution in [0.3, 0.4) is 0 Å². The number of aliphatic hydroxyl groups excluding tert-OH is 1. The van der Waals surface area contributed by atoms with Crippen LogP contribution in [0.15, 0.2) is 12.2 Å². The molecule has 0 aliphatic carbocycles. The molecule has 1 heteroatoms. The Hall–Kier alpha value is -0.300. The zero-order valence-electron chi connectivity index (χ0n) is 14.5. The van der Waals surface area contributed by atoms with Crippen molar-refractivity contribution >= 4 is 0 Å². The molecule has 0 aromatic heterocycles. The molecule has 0 saturated heterocycles. The molecule has 0 spiro atoms. The monoisotopic (exact) mass is 243 g/mol. The highest BCUT2D eigenvalue weighted by molar-refractivity contribution is 4.81. The summed E-state index contributed by atoms with van der Waals surface area (Å²) >= 11 is 0. The van der Waals surface area contributed by atoms with E-state index in [9.17, 15) is 0 Å². The molecule has 0 radical (unpaired) electrons. The van der Waals surface area contributed by atoms with Gasteiger partial charge in [-0.1, -0.05) is 70.4 Å². The largest absolute Gasteiger partial charge is 0.396 e. The third-order valence-corrected chi connectivity index (χ3v) is 2.86. The van der Waals surface area contributed by atoms with E-state index in [1.807, 2.05) is 6.08 Å². The summed E-state index contributed by atoms with van der Waals surface area (Å²) in [5.74, 6) is 0. The molecule has 0 rings (SSSR count). The maximum atomic E-state index is 8.81. The van der Waals surface area contributed by atoms with Gasteiger partial charge in [0, 0.05) is 9.32 Å². The fourth-order valence-corrected chi connectivity index (χ4v) is 1.74. The molecule has 1 atom stereocenters. The molecule has 0 aromatic rings. The Bertz CT molecular complexity index is 240. The minimum absolute atomic E-state index is 0.575. The van der Waals surface area contributed by atoms with Gasteiger partial charge in [0.05, 0.1) is 1.37 Å². The Morgan fingerprint density at radius 2 is 1.41 bits per heavy atom. The molecule has 0 saturated carbocycles. The lowest BCUT2D eigenvalue weighted by atomic mass is 10.1. The smallest absolute Gasteiger partial charge is 0.0564 e. The Morgan fingerprint density at radius 1 is 0.824 bits per heavy atom. The fourth-order valence-electron chi connectivity index (χ4n) is 1.74. The summed E-state index contributed by atoms with van der Waals surface area (Å²) in [6.45, 7) is 1.23. The molecule has 0 unspecified atom stereocenters. The van der Waals surface area contributed by atoms with Gasteiger partial charge in [-0.3, -0.25) is 0 Å². The van der Waals surface area contributed by atoms with Crippen LogP contribution < -0.4 is 0 Å². The van der Waals surface area contributed by atoms with E-state index in [-0.39, 0.29) is 0 Å². The Kier molecular flexibility index (Phi) is 10.9. The SMILES string of the molecule is [2H][C@H](O)CCCCCCCCC([2H])([2H])/C=C/CCCC. The first-order valence-electron chi connectivity index (χ1n) is 8.83. The first kappa shape index (κ1) is 11.8. The summed E-state index contributed by atoms with van der Waals surface area (Å²) in [6.07, 6.45) is 13.3. The van der Waals surface area contributed by atoms with Gasteiger partial charge in [0.25, 0.3) is 0 Å². The average Bonchev–Trinajstić information content (AvgIpc) is 2.37. The predicted octanol–water partition coefficient (Wildman–Crippen LogP) is 5.24. The minimum Gasteiger partial charge on any atom is -0.396 e. The Morgan fingerprint density at radius 3 is 2.00 bits per heavy atom. The lowest BCUT2D eigenvalue weighted by molar-refractivity contribution is 0.282. The van der Waals surface area contributed by atoms with Crippen LogP contribution in [0.2, 0.25) is 0 Å². The van der Waals surface area contributed by atoms with Crippen molar-refractivity contribution in [2.24, 2.45) is 0 Å². The number of aliphatic hydroxyl groups is 1. The maximum Gasteiger partial charge on any atom is 0.0564 e. The number of rotatable bonds is 13. The summed E-state index contributed by atoms with van der Waals surface area (Å²) in [6, 6.07) is 0. The van der Waals surface area contributed by atoms with Crippen LogP contribution in [0.4, 0.5) is 0 Å². The van der Waals surface area contributed by atoms with Crippen molar-refractivity contribution in [3.8, 4) is 0 Å². The Balaban J connectivity index is 3.46. The van der Waals surface area contributed by atoms with Crippen molar-refractivity contribution in [2.75, 3.05) is 6.58 Å². The van der Waals surface area contributed by atoms with Gasteiger partial charge in [-0.2, -0.15) is 0 Å². The summed E-state index contributed by atoms with van der Waals surface area (Å²) in [7, 11) is 0. The second-order valence-corrected chi connectivity index (χ2v) is 4.59. The highest BCUT2D eigenvalue weighted by Crippen LogP contribution is 2.10. The molecule has 0 heterocycles. The fraction of sp³-hybridized carbons (Fsp3) is 0.875. The summed E-state index contributed by atoms with van der Waals surface area (Å²) in [4.78, 5) is 0. The van der Waals surface area contributed by atoms with Crippen molar-refractivity contribution in [3.63, 3.8) is 0 Å². The molecule has 0 aliphatic heterocycles. The molecule has 1 nitrogen and oxygen atoms in total. The second-order valence-electron chi connectivity index (χ2n) is 4.59. The average molecular weight is 243 g/mol. The van der Waals surface area contributed by atoms with Crippen molar-refractivity contribution in [1.29, 1.82) is 0 Å². The van der Waals surface area contributed by atoms with Crippen LogP contribution >= 0.6 is 0 Å². The van der Waals surface area contributed by atoms with E-state index >= 15 is 0 Å². The number of allylic oxidation sites excluding steroid dienone is 2. The zero-order valence-corrected chi connectivity index (χ0v) is 11.5. The molecule has 0 aromatic carbocycles. The van der Waals surface area contributed by atoms with Gasteiger partial charge < -0.3 is 5.11 Å². The van der Waals surface area contributed by atoms with Crippen LogP contribution in [0.5, 0.6) is 0 Å². The quantitative estimate of drug-likeness (QED) is 0.346. The maximum absolute atomic E-state index is 8.81. The van der Waals surface area contributed by atoms with Crippen molar-refractivity contribution < 1.29 is 9.22 Å². The van der Waals surface area contributed by atoms with E-state index in [0.717, 1.165) is 57.8 Å². The Labute approximate surface area is 113 Å². The third kappa shape index (κ3) is 15.7. The highest BCUT2D eigenvalue weighted by atomic mass is 16.2. The van der Waals surface area contributed by atoms with Gasteiger partial charge in [0.2, 0.25) is 0 Å². The van der Waals surface area contributed by atoms with Gasteiger partial charge in [-0.15, -0.1) is 0 Å². The number of unbranched alkanes of at least 4 members (excludes halogenated alkanes) is 7. The normalized spacial score (nSPS) is 16.7. The molecular weight excluding hydrogens is 208 g/mol. The number of hydrogen-bond donors (Lipinski definition) is 1. The summed E-state index contributed by atoms with van der Waals surface area (Å²) in [5, 5.41) is 8.81.